The molecule has 2 aromatic carbocycles. The van der Waals surface area contributed by atoms with Crippen LogP contribution in [0.1, 0.15) is 17.4 Å². The molecular formula is C19H19N5O4. The number of carbonyl (C=O) groups excluding carboxylic acids is 1. The number of para-hydroxylation sites is 1. The lowest BCUT2D eigenvalue weighted by atomic mass is 10.0. The molecule has 144 valence electrons. The Labute approximate surface area is 161 Å². The van der Waals surface area contributed by atoms with Crippen molar-refractivity contribution in [3.63, 3.8) is 0 Å². The van der Waals surface area contributed by atoms with E-state index in [2.05, 4.69) is 15.6 Å². The standard InChI is InChI=1S/C19H19N5O4/c1-23-11-10-20-18(23)17(15-8-3-4-9-16(15)28-2)22-19(25)21-13-6-5-7-14(12-13)24(26)27/h3-12,17H,1-2H3,(H2,21,22,25). The summed E-state index contributed by atoms with van der Waals surface area (Å²) in [5.74, 6) is 1.21. The maximum Gasteiger partial charge on any atom is 0.320 e. The van der Waals surface area contributed by atoms with Crippen molar-refractivity contribution in [3.05, 3.63) is 82.4 Å². The minimum absolute atomic E-state index is 0.108. The third-order valence-electron chi connectivity index (χ3n) is 4.16. The van der Waals surface area contributed by atoms with Gasteiger partial charge in [0.15, 0.2) is 0 Å². The number of urea groups is 1. The van der Waals surface area contributed by atoms with Gasteiger partial charge < -0.3 is 19.9 Å². The molecule has 0 saturated carbocycles. The molecule has 2 amide bonds. The number of aryl methyl sites for hydroxylation is 1. The van der Waals surface area contributed by atoms with Crippen LogP contribution in [0.15, 0.2) is 60.9 Å². The number of ether oxygens (including phenoxy) is 1. The number of nitrogens with one attached hydrogen (secondary N) is 2. The van der Waals surface area contributed by atoms with Gasteiger partial charge in [0.25, 0.3) is 5.69 Å². The summed E-state index contributed by atoms with van der Waals surface area (Å²) < 4.78 is 7.22. The lowest BCUT2D eigenvalue weighted by molar-refractivity contribution is -0.384. The molecule has 0 aliphatic rings. The predicted octanol–water partition coefficient (Wildman–Crippen LogP) is 3.25. The zero-order valence-electron chi connectivity index (χ0n) is 15.3. The maximum atomic E-state index is 12.6. The molecule has 0 bridgehead atoms. The molecule has 1 aromatic heterocycles. The topological polar surface area (TPSA) is 111 Å². The molecule has 1 atom stereocenters. The van der Waals surface area contributed by atoms with Crippen molar-refractivity contribution in [1.82, 2.24) is 14.9 Å². The number of imidazole rings is 1. The van der Waals surface area contributed by atoms with Gasteiger partial charge in [-0.3, -0.25) is 10.1 Å². The first-order chi connectivity index (χ1) is 13.5. The van der Waals surface area contributed by atoms with Gasteiger partial charge in [0.1, 0.15) is 17.6 Å². The number of aromatic nitrogens is 2. The number of amides is 2. The van der Waals surface area contributed by atoms with Crippen LogP contribution < -0.4 is 15.4 Å². The van der Waals surface area contributed by atoms with E-state index >= 15 is 0 Å². The highest BCUT2D eigenvalue weighted by atomic mass is 16.6. The second-order valence-corrected chi connectivity index (χ2v) is 5.98. The van der Waals surface area contributed by atoms with Gasteiger partial charge in [0.2, 0.25) is 0 Å². The first-order valence-electron chi connectivity index (χ1n) is 8.41. The number of nitro benzene ring substituents is 1. The molecule has 1 unspecified atom stereocenters. The van der Waals surface area contributed by atoms with Crippen molar-refractivity contribution < 1.29 is 14.5 Å². The maximum absolute atomic E-state index is 12.6. The minimum atomic E-state index is -0.588. The fraction of sp³-hybridized carbons (Fsp3) is 0.158. The van der Waals surface area contributed by atoms with Gasteiger partial charge in [-0.15, -0.1) is 0 Å². The Morgan fingerprint density at radius 1 is 1.25 bits per heavy atom. The number of methoxy groups -OCH3 is 1. The van der Waals surface area contributed by atoms with E-state index in [1.54, 1.807) is 36.2 Å². The molecule has 9 heteroatoms. The van der Waals surface area contributed by atoms with E-state index in [1.165, 1.54) is 18.2 Å². The van der Waals surface area contributed by atoms with E-state index in [0.717, 1.165) is 5.56 Å². The Kier molecular flexibility index (Phi) is 5.54. The molecule has 1 heterocycles. The highest BCUT2D eigenvalue weighted by Crippen LogP contribution is 2.29. The second-order valence-electron chi connectivity index (χ2n) is 5.98. The van der Waals surface area contributed by atoms with Crippen LogP contribution in [0.5, 0.6) is 5.75 Å². The molecule has 3 rings (SSSR count). The van der Waals surface area contributed by atoms with Gasteiger partial charge in [-0.05, 0) is 12.1 Å². The average Bonchev–Trinajstić information content (AvgIpc) is 3.12. The summed E-state index contributed by atoms with van der Waals surface area (Å²) >= 11 is 0. The number of benzene rings is 2. The van der Waals surface area contributed by atoms with Crippen molar-refractivity contribution in [3.8, 4) is 5.75 Å². The molecular weight excluding hydrogens is 362 g/mol. The van der Waals surface area contributed by atoms with Gasteiger partial charge in [0.05, 0.1) is 12.0 Å². The van der Waals surface area contributed by atoms with Crippen molar-refractivity contribution in [2.75, 3.05) is 12.4 Å². The number of carbonyl (C=O) groups is 1. The van der Waals surface area contributed by atoms with Crippen LogP contribution in [0.4, 0.5) is 16.2 Å². The van der Waals surface area contributed by atoms with E-state index in [9.17, 15) is 14.9 Å². The summed E-state index contributed by atoms with van der Waals surface area (Å²) in [5.41, 5.74) is 0.932. The summed E-state index contributed by atoms with van der Waals surface area (Å²) in [6, 6.07) is 11.9. The summed E-state index contributed by atoms with van der Waals surface area (Å²) in [6.45, 7) is 0. The predicted molar refractivity (Wildman–Crippen MR) is 103 cm³/mol. The Hall–Kier alpha value is -3.88. The highest BCUT2D eigenvalue weighted by molar-refractivity contribution is 5.90. The number of nitro groups is 1. The number of anilines is 1. The Morgan fingerprint density at radius 2 is 2.04 bits per heavy atom. The van der Waals surface area contributed by atoms with Crippen molar-refractivity contribution in [1.29, 1.82) is 0 Å². The third kappa shape index (κ3) is 4.09. The van der Waals surface area contributed by atoms with Gasteiger partial charge in [-0.25, -0.2) is 9.78 Å². The molecule has 0 fully saturated rings. The monoisotopic (exact) mass is 381 g/mol. The lowest BCUT2D eigenvalue weighted by Gasteiger charge is -2.21. The van der Waals surface area contributed by atoms with Crippen LogP contribution in [0, 0.1) is 10.1 Å². The van der Waals surface area contributed by atoms with Crippen LogP contribution in [0.2, 0.25) is 0 Å². The lowest BCUT2D eigenvalue weighted by Crippen LogP contribution is -2.34. The zero-order chi connectivity index (χ0) is 20.1. The fourth-order valence-corrected chi connectivity index (χ4v) is 2.84. The van der Waals surface area contributed by atoms with Crippen LogP contribution >= 0.6 is 0 Å². The molecule has 2 N–H and O–H groups in total. The highest BCUT2D eigenvalue weighted by Gasteiger charge is 2.24. The van der Waals surface area contributed by atoms with E-state index < -0.39 is 17.0 Å². The smallest absolute Gasteiger partial charge is 0.320 e. The van der Waals surface area contributed by atoms with Crippen molar-refractivity contribution >= 4 is 17.4 Å². The summed E-state index contributed by atoms with van der Waals surface area (Å²) in [4.78, 5) is 27.4. The molecule has 0 saturated heterocycles. The molecule has 0 aliphatic heterocycles. The number of nitrogens with zero attached hydrogens (tertiary/aromatic N) is 3. The van der Waals surface area contributed by atoms with E-state index in [0.29, 0.717) is 17.3 Å². The van der Waals surface area contributed by atoms with E-state index in [4.69, 9.17) is 4.74 Å². The van der Waals surface area contributed by atoms with Crippen LogP contribution in [0.3, 0.4) is 0 Å². The van der Waals surface area contributed by atoms with E-state index in [1.807, 2.05) is 25.2 Å². The minimum Gasteiger partial charge on any atom is -0.496 e. The van der Waals surface area contributed by atoms with Crippen LogP contribution in [-0.2, 0) is 7.05 Å². The molecule has 0 aliphatic carbocycles. The number of hydrogen-bond donors (Lipinski definition) is 2. The van der Waals surface area contributed by atoms with Crippen molar-refractivity contribution in [2.45, 2.75) is 6.04 Å². The number of non-ortho nitro benzene ring substituents is 1. The fourth-order valence-electron chi connectivity index (χ4n) is 2.84. The summed E-state index contributed by atoms with van der Waals surface area (Å²) in [5, 5.41) is 16.4. The normalized spacial score (nSPS) is 11.5. The Morgan fingerprint density at radius 3 is 2.71 bits per heavy atom. The quantitative estimate of drug-likeness (QED) is 0.503. The molecule has 28 heavy (non-hydrogen) atoms. The molecule has 0 radical (unpaired) electrons. The summed E-state index contributed by atoms with van der Waals surface area (Å²) in [7, 11) is 3.38. The molecule has 0 spiro atoms. The zero-order valence-corrected chi connectivity index (χ0v) is 15.3. The Bertz CT molecular complexity index is 1000. The first-order valence-corrected chi connectivity index (χ1v) is 8.41. The van der Waals surface area contributed by atoms with Crippen LogP contribution in [0.25, 0.3) is 0 Å². The van der Waals surface area contributed by atoms with Crippen LogP contribution in [-0.4, -0.2) is 27.6 Å². The molecule has 9 nitrogen and oxygen atoms in total. The van der Waals surface area contributed by atoms with Crippen molar-refractivity contribution in [2.24, 2.45) is 7.05 Å². The van der Waals surface area contributed by atoms with E-state index in [-0.39, 0.29) is 5.69 Å². The van der Waals surface area contributed by atoms with Gasteiger partial charge in [-0.1, -0.05) is 24.3 Å². The van der Waals surface area contributed by atoms with Gasteiger partial charge >= 0.3 is 6.03 Å². The first kappa shape index (κ1) is 18.9. The largest absolute Gasteiger partial charge is 0.496 e. The van der Waals surface area contributed by atoms with Gasteiger partial charge in [-0.2, -0.15) is 0 Å². The third-order valence-corrected chi connectivity index (χ3v) is 4.16. The number of rotatable bonds is 6. The number of hydrogen-bond acceptors (Lipinski definition) is 5. The SMILES string of the molecule is COc1ccccc1C(NC(=O)Nc1cccc([N+](=O)[O-])c1)c1nccn1C. The summed E-state index contributed by atoms with van der Waals surface area (Å²) in [6.07, 6.45) is 3.41. The molecule has 3 aromatic rings. The van der Waals surface area contributed by atoms with Gasteiger partial charge in [0, 0.05) is 42.8 Å². The second kappa shape index (κ2) is 8.21. The Balaban J connectivity index is 1.88. The average molecular weight is 381 g/mol.